The van der Waals surface area contributed by atoms with Crippen molar-refractivity contribution in [3.8, 4) is 11.8 Å². The summed E-state index contributed by atoms with van der Waals surface area (Å²) in [6.07, 6.45) is 0.994. The lowest BCUT2D eigenvalue weighted by molar-refractivity contribution is 0.0727. The highest BCUT2D eigenvalue weighted by Crippen LogP contribution is 2.17. The number of carbonyl (C=O) groups excluding carboxylic acids is 1. The lowest BCUT2D eigenvalue weighted by Gasteiger charge is -2.27. The van der Waals surface area contributed by atoms with Gasteiger partial charge in [-0.15, -0.1) is 0 Å². The summed E-state index contributed by atoms with van der Waals surface area (Å²) in [5, 5.41) is 0. The predicted octanol–water partition coefficient (Wildman–Crippen LogP) is 2.81. The smallest absolute Gasteiger partial charge is 0.254 e. The first kappa shape index (κ1) is 17.3. The summed E-state index contributed by atoms with van der Waals surface area (Å²) < 4.78 is 0. The van der Waals surface area contributed by atoms with E-state index in [4.69, 9.17) is 5.73 Å². The van der Waals surface area contributed by atoms with E-state index in [2.05, 4.69) is 32.6 Å². The Morgan fingerprint density at radius 2 is 2.00 bits per heavy atom. The Hall–Kier alpha value is -1.79. The molecule has 0 heterocycles. The topological polar surface area (TPSA) is 46.3 Å². The molecule has 0 bridgehead atoms. The van der Waals surface area contributed by atoms with Crippen LogP contribution in [0.15, 0.2) is 18.2 Å². The van der Waals surface area contributed by atoms with Crippen molar-refractivity contribution in [3.63, 3.8) is 0 Å². The molecular formula is C18H26N2O. The summed E-state index contributed by atoms with van der Waals surface area (Å²) in [4.78, 5) is 14.5. The van der Waals surface area contributed by atoms with Crippen LogP contribution in [0.25, 0.3) is 0 Å². The molecule has 3 heteroatoms. The highest BCUT2D eigenvalue weighted by molar-refractivity contribution is 5.96. The van der Waals surface area contributed by atoms with Gasteiger partial charge in [-0.2, -0.15) is 0 Å². The maximum atomic E-state index is 12.7. The molecule has 1 rings (SSSR count). The zero-order valence-corrected chi connectivity index (χ0v) is 13.7. The van der Waals surface area contributed by atoms with E-state index in [1.807, 2.05) is 37.1 Å². The molecule has 1 aromatic carbocycles. The third kappa shape index (κ3) is 4.91. The van der Waals surface area contributed by atoms with Gasteiger partial charge in [0.05, 0.1) is 6.54 Å². The van der Waals surface area contributed by atoms with E-state index in [-0.39, 0.29) is 11.9 Å². The van der Waals surface area contributed by atoms with E-state index in [9.17, 15) is 4.79 Å². The lowest BCUT2D eigenvalue weighted by Crippen LogP contribution is -2.36. The molecule has 1 atom stereocenters. The van der Waals surface area contributed by atoms with Crippen LogP contribution in [-0.2, 0) is 0 Å². The van der Waals surface area contributed by atoms with Crippen molar-refractivity contribution < 1.29 is 4.79 Å². The van der Waals surface area contributed by atoms with Crippen LogP contribution < -0.4 is 5.73 Å². The normalized spacial score (nSPS) is 11.8. The molecular weight excluding hydrogens is 260 g/mol. The van der Waals surface area contributed by atoms with Gasteiger partial charge in [0.25, 0.3) is 5.91 Å². The average Bonchev–Trinajstić information content (AvgIpc) is 2.44. The molecule has 114 valence electrons. The largest absolute Gasteiger partial charge is 0.339 e. The average molecular weight is 286 g/mol. The van der Waals surface area contributed by atoms with Crippen molar-refractivity contribution in [2.45, 2.75) is 40.2 Å². The number of hydrogen-bond donors (Lipinski definition) is 1. The van der Waals surface area contributed by atoms with E-state index in [0.29, 0.717) is 12.5 Å². The number of nitrogens with two attached hydrogens (primary N) is 1. The molecule has 0 radical (unpaired) electrons. The number of benzene rings is 1. The molecule has 0 aromatic heterocycles. The third-order valence-corrected chi connectivity index (χ3v) is 3.60. The van der Waals surface area contributed by atoms with Crippen molar-refractivity contribution in [2.75, 3.05) is 13.6 Å². The van der Waals surface area contributed by atoms with E-state index < -0.39 is 0 Å². The second kappa shape index (κ2) is 7.85. The second-order valence-electron chi connectivity index (χ2n) is 5.93. The third-order valence-electron chi connectivity index (χ3n) is 3.60. The van der Waals surface area contributed by atoms with Crippen molar-refractivity contribution in [2.24, 2.45) is 11.7 Å². The molecule has 1 aromatic rings. The van der Waals surface area contributed by atoms with Crippen molar-refractivity contribution in [3.05, 3.63) is 34.9 Å². The van der Waals surface area contributed by atoms with Crippen LogP contribution in [0.1, 0.15) is 48.7 Å². The molecule has 2 N–H and O–H groups in total. The monoisotopic (exact) mass is 286 g/mol. The van der Waals surface area contributed by atoms with E-state index in [1.165, 1.54) is 0 Å². The maximum Gasteiger partial charge on any atom is 0.254 e. The Labute approximate surface area is 128 Å². The number of rotatable bonds is 4. The number of amides is 1. The Morgan fingerprint density at radius 3 is 2.57 bits per heavy atom. The van der Waals surface area contributed by atoms with Gasteiger partial charge >= 0.3 is 0 Å². The summed E-state index contributed by atoms with van der Waals surface area (Å²) in [6.45, 7) is 8.70. The van der Waals surface area contributed by atoms with Crippen LogP contribution in [0.3, 0.4) is 0 Å². The van der Waals surface area contributed by atoms with Gasteiger partial charge in [0.1, 0.15) is 0 Å². The van der Waals surface area contributed by atoms with Crippen LogP contribution in [0.4, 0.5) is 0 Å². The molecule has 0 aliphatic rings. The molecule has 1 unspecified atom stereocenters. The van der Waals surface area contributed by atoms with Crippen LogP contribution >= 0.6 is 0 Å². The minimum Gasteiger partial charge on any atom is -0.339 e. The number of hydrogen-bond acceptors (Lipinski definition) is 2. The quantitative estimate of drug-likeness (QED) is 0.865. The first-order chi connectivity index (χ1) is 9.86. The van der Waals surface area contributed by atoms with Crippen LogP contribution in [0, 0.1) is 24.7 Å². The minimum absolute atomic E-state index is 0.0528. The lowest BCUT2D eigenvalue weighted by atomic mass is 10.0. The van der Waals surface area contributed by atoms with E-state index in [0.717, 1.165) is 23.1 Å². The highest BCUT2D eigenvalue weighted by Gasteiger charge is 2.19. The summed E-state index contributed by atoms with van der Waals surface area (Å²) in [7, 11) is 1.87. The van der Waals surface area contributed by atoms with Crippen LogP contribution in [0.5, 0.6) is 0 Å². The fourth-order valence-corrected chi connectivity index (χ4v) is 2.31. The fraction of sp³-hybridized carbons (Fsp3) is 0.500. The van der Waals surface area contributed by atoms with Gasteiger partial charge in [-0.05, 0) is 43.9 Å². The van der Waals surface area contributed by atoms with Crippen LogP contribution in [0.2, 0.25) is 0 Å². The number of nitrogens with zero attached hydrogens (tertiary/aromatic N) is 1. The first-order valence-corrected chi connectivity index (χ1v) is 7.43. The highest BCUT2D eigenvalue weighted by atomic mass is 16.2. The summed E-state index contributed by atoms with van der Waals surface area (Å²) in [6, 6.07) is 5.94. The second-order valence-corrected chi connectivity index (χ2v) is 5.93. The molecule has 0 fully saturated rings. The molecule has 3 nitrogen and oxygen atoms in total. The van der Waals surface area contributed by atoms with Crippen molar-refractivity contribution in [1.29, 1.82) is 0 Å². The van der Waals surface area contributed by atoms with Crippen molar-refractivity contribution >= 4 is 5.91 Å². The van der Waals surface area contributed by atoms with Gasteiger partial charge < -0.3 is 10.6 Å². The summed E-state index contributed by atoms with van der Waals surface area (Å²) >= 11 is 0. The first-order valence-electron chi connectivity index (χ1n) is 7.43. The maximum absolute atomic E-state index is 12.7. The molecule has 21 heavy (non-hydrogen) atoms. The van der Waals surface area contributed by atoms with Gasteiger partial charge in [0, 0.05) is 24.2 Å². The Kier molecular flexibility index (Phi) is 6.45. The molecule has 0 aliphatic heterocycles. The summed E-state index contributed by atoms with van der Waals surface area (Å²) in [5.41, 5.74) is 7.92. The van der Waals surface area contributed by atoms with Gasteiger partial charge in [-0.25, -0.2) is 0 Å². The molecule has 0 aliphatic carbocycles. The van der Waals surface area contributed by atoms with Crippen molar-refractivity contribution in [1.82, 2.24) is 4.90 Å². The molecule has 1 amide bonds. The molecule has 0 saturated carbocycles. The SMILES string of the molecule is Cc1ccc(C#CCN)cc1C(=O)N(C)C(C)CC(C)C. The van der Waals surface area contributed by atoms with Gasteiger partial charge in [-0.1, -0.05) is 31.8 Å². The molecule has 0 saturated heterocycles. The van der Waals surface area contributed by atoms with Gasteiger partial charge in [0.15, 0.2) is 0 Å². The zero-order chi connectivity index (χ0) is 16.0. The van der Waals surface area contributed by atoms with Crippen LogP contribution in [-0.4, -0.2) is 30.4 Å². The van der Waals surface area contributed by atoms with E-state index >= 15 is 0 Å². The number of carbonyl (C=O) groups is 1. The Morgan fingerprint density at radius 1 is 1.33 bits per heavy atom. The minimum atomic E-state index is 0.0528. The van der Waals surface area contributed by atoms with E-state index in [1.54, 1.807) is 0 Å². The molecule has 0 spiro atoms. The predicted molar refractivity (Wildman–Crippen MR) is 88.1 cm³/mol. The standard InChI is InChI=1S/C18H26N2O/c1-13(2)11-15(4)20(5)18(21)17-12-16(7-6-10-19)9-8-14(17)3/h8-9,12-13,15H,10-11,19H2,1-5H3. The number of aryl methyl sites for hydroxylation is 1. The zero-order valence-electron chi connectivity index (χ0n) is 13.7. The fourth-order valence-electron chi connectivity index (χ4n) is 2.31. The van der Waals surface area contributed by atoms with Gasteiger partial charge in [-0.3, -0.25) is 4.79 Å². The summed E-state index contributed by atoms with van der Waals surface area (Å²) in [5.74, 6) is 6.42. The van der Waals surface area contributed by atoms with Gasteiger partial charge in [0.2, 0.25) is 0 Å². The Balaban J connectivity index is 3.00. The Bertz CT molecular complexity index is 552.